The fourth-order valence-corrected chi connectivity index (χ4v) is 1.73. The average Bonchev–Trinajstić information content (AvgIpc) is 2.39. The lowest BCUT2D eigenvalue weighted by molar-refractivity contribution is 0.0602. The van der Waals surface area contributed by atoms with Crippen LogP contribution in [-0.4, -0.2) is 18.2 Å². The first-order valence-electron chi connectivity index (χ1n) is 5.39. The van der Waals surface area contributed by atoms with E-state index in [0.717, 1.165) is 0 Å². The number of ether oxygens (including phenoxy) is 1. The van der Waals surface area contributed by atoms with Gasteiger partial charge in [0.25, 0.3) is 0 Å². The number of carbonyl (C=O) groups excluding carboxylic acids is 1. The minimum absolute atomic E-state index is 0.151. The van der Waals surface area contributed by atoms with Gasteiger partial charge < -0.3 is 15.6 Å². The highest BCUT2D eigenvalue weighted by molar-refractivity contribution is 5.96. The molecule has 0 bridgehead atoms. The van der Waals surface area contributed by atoms with Gasteiger partial charge in [0, 0.05) is 11.3 Å². The predicted molar refractivity (Wildman–Crippen MR) is 69.3 cm³/mol. The molecular weight excluding hydrogens is 230 g/mol. The van der Waals surface area contributed by atoms with Gasteiger partial charge in [-0.15, -0.1) is 0 Å². The minimum Gasteiger partial charge on any atom is -0.507 e. The molecule has 4 nitrogen and oxygen atoms in total. The number of para-hydroxylation sites is 1. The van der Waals surface area contributed by atoms with Crippen LogP contribution >= 0.6 is 0 Å². The van der Waals surface area contributed by atoms with Gasteiger partial charge >= 0.3 is 5.97 Å². The van der Waals surface area contributed by atoms with Crippen LogP contribution in [0.25, 0.3) is 11.1 Å². The Morgan fingerprint density at radius 2 is 1.94 bits per heavy atom. The van der Waals surface area contributed by atoms with Crippen LogP contribution in [-0.2, 0) is 4.74 Å². The molecule has 0 unspecified atom stereocenters. The molecule has 0 spiro atoms. The number of phenolic OH excluding ortho intramolecular Hbond substituents is 1. The van der Waals surface area contributed by atoms with Crippen LogP contribution < -0.4 is 5.73 Å². The van der Waals surface area contributed by atoms with Crippen molar-refractivity contribution in [2.45, 2.75) is 0 Å². The zero-order valence-electron chi connectivity index (χ0n) is 9.88. The summed E-state index contributed by atoms with van der Waals surface area (Å²) in [5.74, 6) is -0.345. The van der Waals surface area contributed by atoms with Gasteiger partial charge in [0.15, 0.2) is 0 Å². The van der Waals surface area contributed by atoms with Crippen molar-refractivity contribution in [3.8, 4) is 16.9 Å². The highest BCUT2D eigenvalue weighted by Gasteiger charge is 2.12. The van der Waals surface area contributed by atoms with Crippen molar-refractivity contribution in [2.24, 2.45) is 0 Å². The fraction of sp³-hybridized carbons (Fsp3) is 0.0714. The number of phenols is 1. The van der Waals surface area contributed by atoms with Crippen molar-refractivity contribution < 1.29 is 14.6 Å². The van der Waals surface area contributed by atoms with Crippen LogP contribution in [0.4, 0.5) is 5.69 Å². The normalized spacial score (nSPS) is 10.1. The van der Waals surface area contributed by atoms with Gasteiger partial charge in [0.05, 0.1) is 12.7 Å². The molecule has 0 aliphatic carbocycles. The van der Waals surface area contributed by atoms with Crippen LogP contribution in [0.3, 0.4) is 0 Å². The fourth-order valence-electron chi connectivity index (χ4n) is 1.73. The lowest BCUT2D eigenvalue weighted by Gasteiger charge is -2.08. The summed E-state index contributed by atoms with van der Waals surface area (Å²) in [6.07, 6.45) is 0. The molecule has 0 heterocycles. The molecular formula is C14H13NO3. The Kier molecular flexibility index (Phi) is 3.19. The molecule has 2 aromatic rings. The number of carbonyl (C=O) groups is 1. The number of anilines is 1. The molecule has 0 fully saturated rings. The van der Waals surface area contributed by atoms with Crippen molar-refractivity contribution in [1.82, 2.24) is 0 Å². The third-order valence-electron chi connectivity index (χ3n) is 2.67. The number of hydrogen-bond acceptors (Lipinski definition) is 4. The molecule has 4 heteroatoms. The first-order valence-corrected chi connectivity index (χ1v) is 5.39. The Morgan fingerprint density at radius 3 is 2.61 bits per heavy atom. The van der Waals surface area contributed by atoms with Crippen molar-refractivity contribution in [1.29, 1.82) is 0 Å². The van der Waals surface area contributed by atoms with Crippen molar-refractivity contribution in [2.75, 3.05) is 12.8 Å². The van der Waals surface area contributed by atoms with Crippen LogP contribution in [0.2, 0.25) is 0 Å². The number of nitrogens with two attached hydrogens (primary N) is 1. The maximum Gasteiger partial charge on any atom is 0.339 e. The zero-order chi connectivity index (χ0) is 13.1. The summed E-state index contributed by atoms with van der Waals surface area (Å²) in [6.45, 7) is 0. The number of esters is 1. The van der Waals surface area contributed by atoms with E-state index < -0.39 is 5.97 Å². The number of hydrogen-bond donors (Lipinski definition) is 2. The largest absolute Gasteiger partial charge is 0.507 e. The second-order valence-corrected chi connectivity index (χ2v) is 3.81. The number of methoxy groups -OCH3 is 1. The van der Waals surface area contributed by atoms with E-state index in [9.17, 15) is 9.90 Å². The molecule has 0 aliphatic rings. The third kappa shape index (κ3) is 2.13. The summed E-state index contributed by atoms with van der Waals surface area (Å²) in [5, 5.41) is 9.77. The van der Waals surface area contributed by atoms with E-state index >= 15 is 0 Å². The predicted octanol–water partition coefficient (Wildman–Crippen LogP) is 2.43. The highest BCUT2D eigenvalue weighted by Crippen LogP contribution is 2.30. The lowest BCUT2D eigenvalue weighted by Crippen LogP contribution is -2.05. The highest BCUT2D eigenvalue weighted by atomic mass is 16.5. The molecule has 92 valence electrons. The van der Waals surface area contributed by atoms with Gasteiger partial charge in [0.2, 0.25) is 0 Å². The molecule has 3 N–H and O–H groups in total. The Hall–Kier alpha value is -2.49. The van der Waals surface area contributed by atoms with E-state index in [1.54, 1.807) is 36.4 Å². The smallest absolute Gasteiger partial charge is 0.339 e. The Balaban J connectivity index is 2.54. The molecule has 0 amide bonds. The number of benzene rings is 2. The molecule has 18 heavy (non-hydrogen) atoms. The van der Waals surface area contributed by atoms with Crippen LogP contribution in [0.5, 0.6) is 5.75 Å². The molecule has 0 aliphatic heterocycles. The van der Waals surface area contributed by atoms with Crippen molar-refractivity contribution in [3.05, 3.63) is 48.0 Å². The first kappa shape index (κ1) is 12.0. The molecule has 0 aromatic heterocycles. The number of nitrogen functional groups attached to an aromatic ring is 1. The molecule has 2 rings (SSSR count). The Morgan fingerprint density at radius 1 is 1.22 bits per heavy atom. The van der Waals surface area contributed by atoms with Gasteiger partial charge in [-0.05, 0) is 23.8 Å². The van der Waals surface area contributed by atoms with Crippen LogP contribution in [0.1, 0.15) is 10.4 Å². The maximum absolute atomic E-state index is 11.5. The SMILES string of the molecule is COC(=O)c1cc(-c2ccccc2O)ccc1N. The van der Waals surface area contributed by atoms with Gasteiger partial charge in [-0.3, -0.25) is 0 Å². The monoisotopic (exact) mass is 243 g/mol. The second kappa shape index (κ2) is 4.79. The van der Waals surface area contributed by atoms with Crippen LogP contribution in [0.15, 0.2) is 42.5 Å². The Labute approximate surface area is 105 Å². The first-order chi connectivity index (χ1) is 8.63. The zero-order valence-corrected chi connectivity index (χ0v) is 9.88. The standard InChI is InChI=1S/C14H13NO3/c1-18-14(17)11-8-9(6-7-12(11)15)10-4-2-3-5-13(10)16/h2-8,16H,15H2,1H3. The van der Waals surface area contributed by atoms with E-state index in [2.05, 4.69) is 4.74 Å². The summed E-state index contributed by atoms with van der Waals surface area (Å²) in [4.78, 5) is 11.5. The lowest BCUT2D eigenvalue weighted by atomic mass is 10.0. The van der Waals surface area contributed by atoms with E-state index in [0.29, 0.717) is 22.4 Å². The molecule has 0 atom stereocenters. The van der Waals surface area contributed by atoms with Gasteiger partial charge in [-0.1, -0.05) is 24.3 Å². The van der Waals surface area contributed by atoms with E-state index in [-0.39, 0.29) is 5.75 Å². The quantitative estimate of drug-likeness (QED) is 0.627. The van der Waals surface area contributed by atoms with E-state index in [4.69, 9.17) is 5.73 Å². The summed E-state index contributed by atoms with van der Waals surface area (Å²) < 4.78 is 4.66. The average molecular weight is 243 g/mol. The van der Waals surface area contributed by atoms with E-state index in [1.807, 2.05) is 6.07 Å². The second-order valence-electron chi connectivity index (χ2n) is 3.81. The summed E-state index contributed by atoms with van der Waals surface area (Å²) in [6, 6.07) is 11.9. The summed E-state index contributed by atoms with van der Waals surface area (Å²) in [5.41, 5.74) is 7.71. The maximum atomic E-state index is 11.5. The summed E-state index contributed by atoms with van der Waals surface area (Å²) >= 11 is 0. The van der Waals surface area contributed by atoms with Crippen LogP contribution in [0, 0.1) is 0 Å². The third-order valence-corrected chi connectivity index (χ3v) is 2.67. The molecule has 0 radical (unpaired) electrons. The van der Waals surface area contributed by atoms with Gasteiger partial charge in [-0.2, -0.15) is 0 Å². The number of aromatic hydroxyl groups is 1. The molecule has 0 saturated heterocycles. The topological polar surface area (TPSA) is 72.5 Å². The molecule has 2 aromatic carbocycles. The van der Waals surface area contributed by atoms with Gasteiger partial charge in [-0.25, -0.2) is 4.79 Å². The molecule has 0 saturated carbocycles. The number of rotatable bonds is 2. The minimum atomic E-state index is -0.496. The van der Waals surface area contributed by atoms with Crippen molar-refractivity contribution in [3.63, 3.8) is 0 Å². The van der Waals surface area contributed by atoms with Gasteiger partial charge in [0.1, 0.15) is 5.75 Å². The van der Waals surface area contributed by atoms with E-state index in [1.165, 1.54) is 7.11 Å². The Bertz CT molecular complexity index is 593. The summed E-state index contributed by atoms with van der Waals surface area (Å²) in [7, 11) is 1.30. The van der Waals surface area contributed by atoms with Crippen molar-refractivity contribution >= 4 is 11.7 Å².